The molecule has 0 fully saturated rings. The maximum Gasteiger partial charge on any atom is 0.257 e. The molecule has 1 aliphatic rings. The topological polar surface area (TPSA) is 58.6 Å². The number of benzene rings is 2. The van der Waals surface area contributed by atoms with Gasteiger partial charge in [-0.1, -0.05) is 6.07 Å². The summed E-state index contributed by atoms with van der Waals surface area (Å²) in [7, 11) is 3.28. The van der Waals surface area contributed by atoms with Gasteiger partial charge in [-0.2, -0.15) is 0 Å². The highest BCUT2D eigenvalue weighted by molar-refractivity contribution is 5.98. The Hall–Kier alpha value is -2.89. The van der Waals surface area contributed by atoms with E-state index < -0.39 is 11.7 Å². The van der Waals surface area contributed by atoms with E-state index in [1.54, 1.807) is 11.0 Å². The number of ether oxygens (including phenoxy) is 1. The SMILES string of the molecule is CNC(=O)c1ccc(Cc2cc3c(c(C)c2C)OCC[C@H](C)N(C)C3=O)cc1F.[HH]. The van der Waals surface area contributed by atoms with E-state index in [9.17, 15) is 14.0 Å². The van der Waals surface area contributed by atoms with Gasteiger partial charge in [-0.3, -0.25) is 9.59 Å². The van der Waals surface area contributed by atoms with E-state index in [0.29, 0.717) is 24.3 Å². The van der Waals surface area contributed by atoms with Gasteiger partial charge < -0.3 is 15.0 Å². The Kier molecular flexibility index (Phi) is 5.91. The molecule has 1 N–H and O–H groups in total. The van der Waals surface area contributed by atoms with Crippen LogP contribution in [0.15, 0.2) is 24.3 Å². The van der Waals surface area contributed by atoms with Crippen LogP contribution in [-0.4, -0.2) is 43.5 Å². The number of carbonyl (C=O) groups excluding carboxylic acids is 2. The van der Waals surface area contributed by atoms with Crippen molar-refractivity contribution in [2.24, 2.45) is 0 Å². The number of fused-ring (bicyclic) bond motifs is 1. The molecule has 0 spiro atoms. The van der Waals surface area contributed by atoms with Crippen molar-refractivity contribution in [2.45, 2.75) is 39.7 Å². The van der Waals surface area contributed by atoms with Crippen molar-refractivity contribution in [1.82, 2.24) is 10.2 Å². The van der Waals surface area contributed by atoms with Crippen molar-refractivity contribution in [3.05, 3.63) is 63.5 Å². The number of nitrogens with zero attached hydrogens (tertiary/aromatic N) is 1. The van der Waals surface area contributed by atoms with Crippen molar-refractivity contribution >= 4 is 11.8 Å². The molecule has 0 bridgehead atoms. The summed E-state index contributed by atoms with van der Waals surface area (Å²) in [5.74, 6) is -0.452. The molecule has 0 saturated heterocycles. The Labute approximate surface area is 172 Å². The van der Waals surface area contributed by atoms with Crippen LogP contribution >= 0.6 is 0 Å². The van der Waals surface area contributed by atoms with Gasteiger partial charge in [-0.05, 0) is 67.6 Å². The fourth-order valence-corrected chi connectivity index (χ4v) is 3.61. The normalized spacial score (nSPS) is 16.6. The Morgan fingerprint density at radius 3 is 2.69 bits per heavy atom. The monoisotopic (exact) mass is 400 g/mol. The molecule has 6 heteroatoms. The number of rotatable bonds is 3. The molecule has 29 heavy (non-hydrogen) atoms. The highest BCUT2D eigenvalue weighted by Gasteiger charge is 2.27. The number of carbonyl (C=O) groups is 2. The molecule has 0 radical (unpaired) electrons. The molecule has 2 aromatic rings. The second-order valence-corrected chi connectivity index (χ2v) is 7.63. The van der Waals surface area contributed by atoms with E-state index in [2.05, 4.69) is 5.32 Å². The maximum absolute atomic E-state index is 14.4. The summed E-state index contributed by atoms with van der Waals surface area (Å²) in [6, 6.07) is 6.56. The molecule has 1 aliphatic heterocycles. The van der Waals surface area contributed by atoms with Crippen molar-refractivity contribution < 1.29 is 20.1 Å². The molecule has 1 atom stereocenters. The highest BCUT2D eigenvalue weighted by atomic mass is 19.1. The smallest absolute Gasteiger partial charge is 0.257 e. The lowest BCUT2D eigenvalue weighted by Gasteiger charge is -2.30. The number of halogens is 1. The second-order valence-electron chi connectivity index (χ2n) is 7.63. The minimum absolute atomic E-state index is 0. The van der Waals surface area contributed by atoms with Crippen LogP contribution < -0.4 is 10.1 Å². The summed E-state index contributed by atoms with van der Waals surface area (Å²) in [5, 5.41) is 2.43. The molecule has 3 rings (SSSR count). The second kappa shape index (κ2) is 8.23. The van der Waals surface area contributed by atoms with E-state index >= 15 is 0 Å². The first-order chi connectivity index (χ1) is 13.7. The highest BCUT2D eigenvalue weighted by Crippen LogP contribution is 2.33. The molecular formula is C23H29FN2O3. The van der Waals surface area contributed by atoms with Crippen LogP contribution in [0.1, 0.15) is 57.7 Å². The number of nitrogens with one attached hydrogen (secondary N) is 1. The van der Waals surface area contributed by atoms with Gasteiger partial charge in [0.05, 0.1) is 17.7 Å². The zero-order valence-electron chi connectivity index (χ0n) is 17.6. The average Bonchev–Trinajstić information content (AvgIpc) is 2.70. The Bertz CT molecular complexity index is 977. The summed E-state index contributed by atoms with van der Waals surface area (Å²) in [6.07, 6.45) is 1.23. The van der Waals surface area contributed by atoms with Gasteiger partial charge in [0.1, 0.15) is 11.6 Å². The van der Waals surface area contributed by atoms with Gasteiger partial charge in [0.15, 0.2) is 0 Å². The third-order valence-electron chi connectivity index (χ3n) is 5.84. The molecule has 156 valence electrons. The van der Waals surface area contributed by atoms with Crippen LogP contribution in [0.3, 0.4) is 0 Å². The molecule has 0 aliphatic carbocycles. The number of amides is 2. The Morgan fingerprint density at radius 1 is 1.31 bits per heavy atom. The van der Waals surface area contributed by atoms with Gasteiger partial charge in [0.2, 0.25) is 0 Å². The van der Waals surface area contributed by atoms with Crippen molar-refractivity contribution in [1.29, 1.82) is 0 Å². The van der Waals surface area contributed by atoms with Gasteiger partial charge in [0, 0.05) is 28.0 Å². The quantitative estimate of drug-likeness (QED) is 0.851. The number of hydrogen-bond acceptors (Lipinski definition) is 3. The van der Waals surface area contributed by atoms with Crippen LogP contribution in [0.2, 0.25) is 0 Å². The van der Waals surface area contributed by atoms with Crippen LogP contribution in [0.25, 0.3) is 0 Å². The van der Waals surface area contributed by atoms with Crippen LogP contribution in [-0.2, 0) is 6.42 Å². The third kappa shape index (κ3) is 3.97. The fraction of sp³-hybridized carbons (Fsp3) is 0.391. The molecule has 2 amide bonds. The molecule has 0 aromatic heterocycles. The lowest BCUT2D eigenvalue weighted by molar-refractivity contribution is 0.0699. The van der Waals surface area contributed by atoms with E-state index in [1.807, 2.05) is 33.9 Å². The minimum Gasteiger partial charge on any atom is -0.492 e. The van der Waals surface area contributed by atoms with Crippen LogP contribution in [0.5, 0.6) is 5.75 Å². The summed E-state index contributed by atoms with van der Waals surface area (Å²) in [4.78, 5) is 26.5. The summed E-state index contributed by atoms with van der Waals surface area (Å²) in [5.41, 5.74) is 4.17. The third-order valence-corrected chi connectivity index (χ3v) is 5.84. The fourth-order valence-electron chi connectivity index (χ4n) is 3.61. The van der Waals surface area contributed by atoms with E-state index in [4.69, 9.17) is 4.74 Å². The lowest BCUT2D eigenvalue weighted by Crippen LogP contribution is -2.38. The van der Waals surface area contributed by atoms with Gasteiger partial charge >= 0.3 is 0 Å². The van der Waals surface area contributed by atoms with E-state index in [1.165, 1.54) is 19.2 Å². The standard InChI is InChI=1S/C23H27FN2O3.H2/c1-13-8-9-29-21-15(3)14(2)17(12-19(21)23(28)26(13)5)10-16-6-7-18(20(24)11-16)22(27)25-4;/h6-7,11-13H,8-10H2,1-5H3,(H,25,27);1H/t13-;/m0./s1. The van der Waals surface area contributed by atoms with Crippen LogP contribution in [0, 0.1) is 19.7 Å². The zero-order valence-corrected chi connectivity index (χ0v) is 17.6. The minimum atomic E-state index is -0.560. The predicted octanol–water partition coefficient (Wildman–Crippen LogP) is 3.88. The van der Waals surface area contributed by atoms with Crippen LogP contribution in [0.4, 0.5) is 4.39 Å². The molecule has 0 unspecified atom stereocenters. The van der Waals surface area contributed by atoms with Gasteiger partial charge in [0.25, 0.3) is 11.8 Å². The van der Waals surface area contributed by atoms with Crippen molar-refractivity contribution in [2.75, 3.05) is 20.7 Å². The zero-order chi connectivity index (χ0) is 21.3. The number of hydrogen-bond donors (Lipinski definition) is 1. The van der Waals surface area contributed by atoms with Gasteiger partial charge in [-0.15, -0.1) is 0 Å². The molecule has 2 aromatic carbocycles. The first-order valence-electron chi connectivity index (χ1n) is 9.78. The molecule has 1 heterocycles. The van der Waals surface area contributed by atoms with Gasteiger partial charge in [-0.25, -0.2) is 4.39 Å². The largest absolute Gasteiger partial charge is 0.492 e. The summed E-state index contributed by atoms with van der Waals surface area (Å²) in [6.45, 7) is 6.49. The summed E-state index contributed by atoms with van der Waals surface area (Å²) >= 11 is 0. The van der Waals surface area contributed by atoms with E-state index in [0.717, 1.165) is 28.7 Å². The molecule has 0 saturated carbocycles. The van der Waals surface area contributed by atoms with E-state index in [-0.39, 0.29) is 18.9 Å². The Morgan fingerprint density at radius 2 is 2.03 bits per heavy atom. The Balaban J connectivity index is 0.00000320. The molecular weight excluding hydrogens is 371 g/mol. The maximum atomic E-state index is 14.4. The average molecular weight is 400 g/mol. The first-order valence-corrected chi connectivity index (χ1v) is 9.78. The predicted molar refractivity (Wildman–Crippen MR) is 112 cm³/mol. The lowest BCUT2D eigenvalue weighted by atomic mass is 9.92. The summed E-state index contributed by atoms with van der Waals surface area (Å²) < 4.78 is 20.3. The molecule has 5 nitrogen and oxygen atoms in total. The van der Waals surface area contributed by atoms with Crippen molar-refractivity contribution in [3.63, 3.8) is 0 Å². The van der Waals surface area contributed by atoms with Crippen molar-refractivity contribution in [3.8, 4) is 5.75 Å². The first kappa shape index (κ1) is 20.8.